The van der Waals surface area contributed by atoms with Crippen LogP contribution in [-0.4, -0.2) is 21.9 Å². The SMILES string of the molecule is CC(C)NC(=O)c1cc(Nc2ccc(F)c(F)c2F)nc(-c2ccccc2)n1. The van der Waals surface area contributed by atoms with Crippen LogP contribution in [0.2, 0.25) is 0 Å². The minimum atomic E-state index is -1.60. The lowest BCUT2D eigenvalue weighted by Crippen LogP contribution is -2.31. The Morgan fingerprint density at radius 3 is 2.36 bits per heavy atom. The van der Waals surface area contributed by atoms with Crippen LogP contribution < -0.4 is 10.6 Å². The summed E-state index contributed by atoms with van der Waals surface area (Å²) in [6.07, 6.45) is 0. The molecule has 2 N–H and O–H groups in total. The third-order valence-corrected chi connectivity index (χ3v) is 3.71. The molecule has 0 saturated carbocycles. The van der Waals surface area contributed by atoms with E-state index in [1.807, 2.05) is 6.07 Å². The van der Waals surface area contributed by atoms with Gasteiger partial charge in [-0.3, -0.25) is 4.79 Å². The molecule has 8 heteroatoms. The van der Waals surface area contributed by atoms with Gasteiger partial charge < -0.3 is 10.6 Å². The molecule has 3 rings (SSSR count). The maximum atomic E-state index is 14.0. The van der Waals surface area contributed by atoms with Gasteiger partial charge in [-0.1, -0.05) is 30.3 Å². The number of carbonyl (C=O) groups excluding carboxylic acids is 1. The van der Waals surface area contributed by atoms with E-state index in [9.17, 15) is 18.0 Å². The zero-order valence-electron chi connectivity index (χ0n) is 15.1. The fourth-order valence-corrected chi connectivity index (χ4v) is 2.44. The largest absolute Gasteiger partial charge is 0.349 e. The van der Waals surface area contributed by atoms with Crippen LogP contribution in [0.1, 0.15) is 24.3 Å². The Balaban J connectivity index is 2.05. The predicted molar refractivity (Wildman–Crippen MR) is 99.7 cm³/mol. The van der Waals surface area contributed by atoms with Gasteiger partial charge in [-0.05, 0) is 26.0 Å². The molecular weight excluding hydrogens is 369 g/mol. The normalized spacial score (nSPS) is 10.8. The van der Waals surface area contributed by atoms with E-state index >= 15 is 0 Å². The number of nitrogens with one attached hydrogen (secondary N) is 2. The second-order valence-corrected chi connectivity index (χ2v) is 6.30. The van der Waals surface area contributed by atoms with Gasteiger partial charge >= 0.3 is 0 Å². The first-order chi connectivity index (χ1) is 13.3. The van der Waals surface area contributed by atoms with Crippen molar-refractivity contribution >= 4 is 17.4 Å². The lowest BCUT2D eigenvalue weighted by atomic mass is 10.2. The van der Waals surface area contributed by atoms with E-state index in [0.29, 0.717) is 5.56 Å². The molecule has 0 aliphatic rings. The standard InChI is InChI=1S/C20H17F3N4O/c1-11(2)24-20(28)15-10-16(25-14-9-8-13(21)17(22)18(14)23)27-19(26-15)12-6-4-3-5-7-12/h3-11H,1-2H3,(H,24,28)(H,25,26,27). The Kier molecular flexibility index (Phi) is 5.58. The maximum Gasteiger partial charge on any atom is 0.270 e. The van der Waals surface area contributed by atoms with Crippen LogP contribution in [0.4, 0.5) is 24.7 Å². The number of rotatable bonds is 5. The fourth-order valence-electron chi connectivity index (χ4n) is 2.44. The number of hydrogen-bond donors (Lipinski definition) is 2. The minimum Gasteiger partial charge on any atom is -0.349 e. The van der Waals surface area contributed by atoms with Crippen LogP contribution in [0, 0.1) is 17.5 Å². The van der Waals surface area contributed by atoms with Crippen molar-refractivity contribution in [3.63, 3.8) is 0 Å². The highest BCUT2D eigenvalue weighted by molar-refractivity contribution is 5.93. The summed E-state index contributed by atoms with van der Waals surface area (Å²) in [5, 5.41) is 5.30. The summed E-state index contributed by atoms with van der Waals surface area (Å²) in [6.45, 7) is 3.60. The monoisotopic (exact) mass is 386 g/mol. The van der Waals surface area contributed by atoms with Crippen LogP contribution in [-0.2, 0) is 0 Å². The molecule has 0 atom stereocenters. The molecule has 1 heterocycles. The van der Waals surface area contributed by atoms with E-state index < -0.39 is 23.4 Å². The highest BCUT2D eigenvalue weighted by atomic mass is 19.2. The van der Waals surface area contributed by atoms with Gasteiger partial charge in [0.1, 0.15) is 11.5 Å². The van der Waals surface area contributed by atoms with Crippen LogP contribution >= 0.6 is 0 Å². The molecule has 2 aromatic carbocycles. The zero-order valence-corrected chi connectivity index (χ0v) is 15.1. The summed E-state index contributed by atoms with van der Waals surface area (Å²) in [7, 11) is 0. The lowest BCUT2D eigenvalue weighted by Gasteiger charge is -2.12. The summed E-state index contributed by atoms with van der Waals surface area (Å²) in [5.41, 5.74) is 0.371. The maximum absolute atomic E-state index is 14.0. The Labute approximate surface area is 159 Å². The number of amides is 1. The molecule has 0 bridgehead atoms. The molecule has 144 valence electrons. The molecule has 0 fully saturated rings. The van der Waals surface area contributed by atoms with E-state index in [4.69, 9.17) is 0 Å². The van der Waals surface area contributed by atoms with Crippen molar-refractivity contribution < 1.29 is 18.0 Å². The molecule has 28 heavy (non-hydrogen) atoms. The summed E-state index contributed by atoms with van der Waals surface area (Å²) in [6, 6.07) is 11.9. The van der Waals surface area contributed by atoms with Crippen molar-refractivity contribution in [1.82, 2.24) is 15.3 Å². The van der Waals surface area contributed by atoms with Gasteiger partial charge in [-0.2, -0.15) is 0 Å². The van der Waals surface area contributed by atoms with Crippen molar-refractivity contribution in [2.45, 2.75) is 19.9 Å². The number of carbonyl (C=O) groups is 1. The van der Waals surface area contributed by atoms with Crippen molar-refractivity contribution in [1.29, 1.82) is 0 Å². The van der Waals surface area contributed by atoms with Crippen LogP contribution in [0.3, 0.4) is 0 Å². The molecule has 0 radical (unpaired) electrons. The third-order valence-electron chi connectivity index (χ3n) is 3.71. The molecule has 1 amide bonds. The number of nitrogens with zero attached hydrogens (tertiary/aromatic N) is 2. The molecular formula is C20H17F3N4O. The van der Waals surface area contributed by atoms with Crippen molar-refractivity contribution in [3.8, 4) is 11.4 Å². The van der Waals surface area contributed by atoms with E-state index in [2.05, 4.69) is 20.6 Å². The Hall–Kier alpha value is -3.42. The second-order valence-electron chi connectivity index (χ2n) is 6.30. The Bertz CT molecular complexity index is 1010. The average molecular weight is 386 g/mol. The van der Waals surface area contributed by atoms with Crippen molar-refractivity contribution in [2.75, 3.05) is 5.32 Å². The van der Waals surface area contributed by atoms with Gasteiger partial charge in [0, 0.05) is 17.7 Å². The third kappa shape index (κ3) is 4.28. The number of halogens is 3. The second kappa shape index (κ2) is 8.08. The molecule has 1 aromatic heterocycles. The quantitative estimate of drug-likeness (QED) is 0.636. The summed E-state index contributed by atoms with van der Waals surface area (Å²) >= 11 is 0. The fraction of sp³-hybridized carbons (Fsp3) is 0.150. The molecule has 0 spiro atoms. The smallest absolute Gasteiger partial charge is 0.270 e. The van der Waals surface area contributed by atoms with E-state index in [0.717, 1.165) is 12.1 Å². The van der Waals surface area contributed by atoms with Gasteiger partial charge in [0.25, 0.3) is 5.91 Å². The first kappa shape index (κ1) is 19.3. The highest BCUT2D eigenvalue weighted by Gasteiger charge is 2.17. The average Bonchev–Trinajstić information content (AvgIpc) is 2.68. The molecule has 3 aromatic rings. The van der Waals surface area contributed by atoms with Gasteiger partial charge in [0.05, 0.1) is 5.69 Å². The lowest BCUT2D eigenvalue weighted by molar-refractivity contribution is 0.0938. The summed E-state index contributed by atoms with van der Waals surface area (Å²) < 4.78 is 40.7. The van der Waals surface area contributed by atoms with Gasteiger partial charge in [0.2, 0.25) is 0 Å². The number of anilines is 2. The van der Waals surface area contributed by atoms with E-state index in [1.165, 1.54) is 6.07 Å². The molecule has 0 saturated heterocycles. The predicted octanol–water partition coefficient (Wildman–Crippen LogP) is 4.44. The molecule has 0 aliphatic carbocycles. The number of benzene rings is 2. The van der Waals surface area contributed by atoms with Gasteiger partial charge in [-0.25, -0.2) is 23.1 Å². The molecule has 0 aliphatic heterocycles. The number of aromatic nitrogens is 2. The van der Waals surface area contributed by atoms with Crippen LogP contribution in [0.25, 0.3) is 11.4 Å². The molecule has 0 unspecified atom stereocenters. The topological polar surface area (TPSA) is 66.9 Å². The van der Waals surface area contributed by atoms with Gasteiger partial charge in [0.15, 0.2) is 23.3 Å². The van der Waals surface area contributed by atoms with Crippen LogP contribution in [0.15, 0.2) is 48.5 Å². The first-order valence-corrected chi connectivity index (χ1v) is 8.51. The Morgan fingerprint density at radius 2 is 1.68 bits per heavy atom. The van der Waals surface area contributed by atoms with Crippen molar-refractivity contribution in [3.05, 3.63) is 71.7 Å². The van der Waals surface area contributed by atoms with Crippen molar-refractivity contribution in [2.24, 2.45) is 0 Å². The number of hydrogen-bond acceptors (Lipinski definition) is 4. The highest BCUT2D eigenvalue weighted by Crippen LogP contribution is 2.25. The van der Waals surface area contributed by atoms with Gasteiger partial charge in [-0.15, -0.1) is 0 Å². The zero-order chi connectivity index (χ0) is 20.3. The summed E-state index contributed by atoms with van der Waals surface area (Å²) in [4.78, 5) is 20.9. The Morgan fingerprint density at radius 1 is 0.964 bits per heavy atom. The molecule has 5 nitrogen and oxygen atoms in total. The first-order valence-electron chi connectivity index (χ1n) is 8.51. The minimum absolute atomic E-state index is 0.0491. The van der Waals surface area contributed by atoms with Crippen LogP contribution in [0.5, 0.6) is 0 Å². The van der Waals surface area contributed by atoms with E-state index in [-0.39, 0.29) is 29.1 Å². The summed E-state index contributed by atoms with van der Waals surface area (Å²) in [5.74, 6) is -4.43. The van der Waals surface area contributed by atoms with E-state index in [1.54, 1.807) is 38.1 Å².